The first-order valence-electron chi connectivity index (χ1n) is 8.10. The first kappa shape index (κ1) is 20.6. The average Bonchev–Trinajstić information content (AvgIpc) is 2.90. The SMILES string of the molecule is CCC(NC(=O)C[C@@H]1CCC[C@H]1N)c1ccccc1OC(F)F.Cl. The highest BCUT2D eigenvalue weighted by molar-refractivity contribution is 5.85. The van der Waals surface area contributed by atoms with E-state index in [0.29, 0.717) is 18.4 Å². The van der Waals surface area contributed by atoms with Crippen molar-refractivity contribution in [2.24, 2.45) is 11.7 Å². The molecule has 1 amide bonds. The van der Waals surface area contributed by atoms with Crippen molar-refractivity contribution < 1.29 is 18.3 Å². The normalized spacial score (nSPS) is 21.2. The number of nitrogens with one attached hydrogen (secondary N) is 1. The van der Waals surface area contributed by atoms with Gasteiger partial charge in [0.15, 0.2) is 0 Å². The van der Waals surface area contributed by atoms with E-state index in [4.69, 9.17) is 5.73 Å². The Bertz CT molecular complexity index is 531. The van der Waals surface area contributed by atoms with Crippen LogP contribution in [0.2, 0.25) is 0 Å². The second-order valence-corrected chi connectivity index (χ2v) is 6.00. The summed E-state index contributed by atoms with van der Waals surface area (Å²) in [4.78, 5) is 12.3. The van der Waals surface area contributed by atoms with Crippen LogP contribution < -0.4 is 15.8 Å². The molecule has 1 aliphatic carbocycles. The highest BCUT2D eigenvalue weighted by Crippen LogP contribution is 2.30. The number of benzene rings is 1. The molecule has 1 saturated carbocycles. The number of rotatable bonds is 7. The molecule has 1 fully saturated rings. The predicted octanol–water partition coefficient (Wildman–Crippen LogP) is 3.79. The van der Waals surface area contributed by atoms with Crippen molar-refractivity contribution in [3.63, 3.8) is 0 Å². The molecule has 3 N–H and O–H groups in total. The summed E-state index contributed by atoms with van der Waals surface area (Å²) in [6.07, 6.45) is 3.96. The lowest BCUT2D eigenvalue weighted by atomic mass is 9.98. The minimum absolute atomic E-state index is 0. The van der Waals surface area contributed by atoms with E-state index in [1.54, 1.807) is 18.2 Å². The summed E-state index contributed by atoms with van der Waals surface area (Å²) in [7, 11) is 0. The molecule has 0 bridgehead atoms. The number of halogens is 3. The Morgan fingerprint density at radius 1 is 1.38 bits per heavy atom. The fourth-order valence-electron chi connectivity index (χ4n) is 3.18. The van der Waals surface area contributed by atoms with Crippen molar-refractivity contribution in [2.75, 3.05) is 0 Å². The van der Waals surface area contributed by atoms with E-state index in [9.17, 15) is 13.6 Å². The van der Waals surface area contributed by atoms with Gasteiger partial charge in [-0.25, -0.2) is 0 Å². The molecular formula is C17H25ClF2N2O2. The monoisotopic (exact) mass is 362 g/mol. The minimum atomic E-state index is -2.89. The molecule has 1 unspecified atom stereocenters. The van der Waals surface area contributed by atoms with Crippen LogP contribution in [0, 0.1) is 5.92 Å². The first-order valence-corrected chi connectivity index (χ1v) is 8.10. The standard InChI is InChI=1S/C17H24F2N2O2.ClH/c1-2-14(12-7-3-4-9-15(12)23-17(18)19)21-16(22)10-11-6-5-8-13(11)20;/h3-4,7,9,11,13-14,17H,2,5-6,8,10,20H2,1H3,(H,21,22);1H/t11-,13+,14?;/m0./s1. The van der Waals surface area contributed by atoms with Gasteiger partial charge in [0.1, 0.15) is 5.75 Å². The van der Waals surface area contributed by atoms with Gasteiger partial charge < -0.3 is 15.8 Å². The van der Waals surface area contributed by atoms with Crippen LogP contribution >= 0.6 is 12.4 Å². The van der Waals surface area contributed by atoms with Gasteiger partial charge in [0.2, 0.25) is 5.91 Å². The zero-order chi connectivity index (χ0) is 16.8. The van der Waals surface area contributed by atoms with Gasteiger partial charge in [0, 0.05) is 18.0 Å². The number of para-hydroxylation sites is 1. The highest BCUT2D eigenvalue weighted by Gasteiger charge is 2.27. The van der Waals surface area contributed by atoms with Crippen LogP contribution in [0.25, 0.3) is 0 Å². The lowest BCUT2D eigenvalue weighted by molar-refractivity contribution is -0.122. The second-order valence-electron chi connectivity index (χ2n) is 6.00. The number of alkyl halides is 2. The molecule has 0 spiro atoms. The largest absolute Gasteiger partial charge is 0.434 e. The third-order valence-corrected chi connectivity index (χ3v) is 4.42. The van der Waals surface area contributed by atoms with E-state index in [-0.39, 0.29) is 42.1 Å². The predicted molar refractivity (Wildman–Crippen MR) is 91.4 cm³/mol. The number of amides is 1. The molecule has 1 aromatic carbocycles. The Hall–Kier alpha value is -1.40. The molecule has 1 aromatic rings. The van der Waals surface area contributed by atoms with Gasteiger partial charge in [-0.15, -0.1) is 12.4 Å². The van der Waals surface area contributed by atoms with Crippen molar-refractivity contribution in [3.05, 3.63) is 29.8 Å². The van der Waals surface area contributed by atoms with Crippen LogP contribution in [0.1, 0.15) is 50.6 Å². The Labute approximate surface area is 147 Å². The van der Waals surface area contributed by atoms with Gasteiger partial charge in [-0.3, -0.25) is 4.79 Å². The van der Waals surface area contributed by atoms with Crippen LogP contribution in [0.5, 0.6) is 5.75 Å². The van der Waals surface area contributed by atoms with Gasteiger partial charge in [0.05, 0.1) is 6.04 Å². The topological polar surface area (TPSA) is 64.4 Å². The molecule has 0 heterocycles. The van der Waals surface area contributed by atoms with E-state index in [0.717, 1.165) is 19.3 Å². The number of hydrogen-bond acceptors (Lipinski definition) is 3. The smallest absolute Gasteiger partial charge is 0.387 e. The molecule has 7 heteroatoms. The highest BCUT2D eigenvalue weighted by atomic mass is 35.5. The number of ether oxygens (including phenoxy) is 1. The number of carbonyl (C=O) groups is 1. The summed E-state index contributed by atoms with van der Waals surface area (Å²) in [6.45, 7) is -0.994. The number of carbonyl (C=O) groups excluding carboxylic acids is 1. The third kappa shape index (κ3) is 5.60. The molecule has 2 rings (SSSR count). The van der Waals surface area contributed by atoms with Crippen LogP contribution in [-0.4, -0.2) is 18.6 Å². The number of hydrogen-bond donors (Lipinski definition) is 2. The molecule has 4 nitrogen and oxygen atoms in total. The van der Waals surface area contributed by atoms with E-state index in [1.165, 1.54) is 6.07 Å². The molecule has 0 radical (unpaired) electrons. The lowest BCUT2D eigenvalue weighted by Crippen LogP contribution is -2.33. The van der Waals surface area contributed by atoms with Crippen molar-refractivity contribution in [3.8, 4) is 5.75 Å². The summed E-state index contributed by atoms with van der Waals surface area (Å²) >= 11 is 0. The lowest BCUT2D eigenvalue weighted by Gasteiger charge is -2.22. The summed E-state index contributed by atoms with van der Waals surface area (Å²) < 4.78 is 29.6. The average molecular weight is 363 g/mol. The van der Waals surface area contributed by atoms with Crippen molar-refractivity contribution in [1.29, 1.82) is 0 Å². The molecule has 0 aromatic heterocycles. The Kier molecular flexibility index (Phi) is 8.42. The summed E-state index contributed by atoms with van der Waals surface area (Å²) in [6, 6.07) is 6.30. The van der Waals surface area contributed by atoms with E-state index in [1.807, 2.05) is 6.92 Å². The maximum atomic E-state index is 12.5. The molecule has 1 aliphatic rings. The molecule has 24 heavy (non-hydrogen) atoms. The van der Waals surface area contributed by atoms with Gasteiger partial charge in [0.25, 0.3) is 0 Å². The van der Waals surface area contributed by atoms with Gasteiger partial charge >= 0.3 is 6.61 Å². The van der Waals surface area contributed by atoms with Crippen LogP contribution in [-0.2, 0) is 4.79 Å². The maximum absolute atomic E-state index is 12.5. The van der Waals surface area contributed by atoms with Crippen molar-refractivity contribution in [2.45, 2.75) is 57.7 Å². The quantitative estimate of drug-likeness (QED) is 0.775. The van der Waals surface area contributed by atoms with Gasteiger partial charge in [-0.05, 0) is 31.2 Å². The van der Waals surface area contributed by atoms with E-state index in [2.05, 4.69) is 10.1 Å². The fourth-order valence-corrected chi connectivity index (χ4v) is 3.18. The zero-order valence-electron chi connectivity index (χ0n) is 13.7. The summed E-state index contributed by atoms with van der Waals surface area (Å²) in [5.74, 6) is 0.221. The summed E-state index contributed by atoms with van der Waals surface area (Å²) in [5, 5.41) is 2.92. The van der Waals surface area contributed by atoms with Crippen LogP contribution in [0.3, 0.4) is 0 Å². The third-order valence-electron chi connectivity index (χ3n) is 4.42. The van der Waals surface area contributed by atoms with Gasteiger partial charge in [-0.1, -0.05) is 31.5 Å². The summed E-state index contributed by atoms with van der Waals surface area (Å²) in [5.41, 5.74) is 6.57. The molecule has 0 saturated heterocycles. The van der Waals surface area contributed by atoms with E-state index < -0.39 is 6.61 Å². The van der Waals surface area contributed by atoms with Gasteiger partial charge in [-0.2, -0.15) is 8.78 Å². The Morgan fingerprint density at radius 2 is 2.08 bits per heavy atom. The fraction of sp³-hybridized carbons (Fsp3) is 0.588. The second kappa shape index (κ2) is 9.79. The minimum Gasteiger partial charge on any atom is -0.434 e. The van der Waals surface area contributed by atoms with E-state index >= 15 is 0 Å². The maximum Gasteiger partial charge on any atom is 0.387 e. The molecule has 0 aliphatic heterocycles. The number of nitrogens with two attached hydrogens (primary N) is 1. The zero-order valence-corrected chi connectivity index (χ0v) is 14.5. The van der Waals surface area contributed by atoms with Crippen LogP contribution in [0.4, 0.5) is 8.78 Å². The first-order chi connectivity index (χ1) is 11.0. The molecular weight excluding hydrogens is 338 g/mol. The van der Waals surface area contributed by atoms with Crippen molar-refractivity contribution in [1.82, 2.24) is 5.32 Å². The molecule has 3 atom stereocenters. The Morgan fingerprint density at radius 3 is 2.67 bits per heavy atom. The Balaban J connectivity index is 0.00000288. The molecule has 136 valence electrons. The van der Waals surface area contributed by atoms with Crippen LogP contribution in [0.15, 0.2) is 24.3 Å². The van der Waals surface area contributed by atoms with Crippen molar-refractivity contribution >= 4 is 18.3 Å².